The predicted octanol–water partition coefficient (Wildman–Crippen LogP) is 4.59. The lowest BCUT2D eigenvalue weighted by Gasteiger charge is -2.20. The van der Waals surface area contributed by atoms with Crippen LogP contribution in [0.2, 0.25) is 0 Å². The third-order valence-electron chi connectivity index (χ3n) is 5.68. The molecule has 9 nitrogen and oxygen atoms in total. The van der Waals surface area contributed by atoms with Crippen LogP contribution in [0.4, 0.5) is 23.1 Å². The second kappa shape index (κ2) is 8.27. The van der Waals surface area contributed by atoms with Gasteiger partial charge in [-0.15, -0.1) is 0 Å². The van der Waals surface area contributed by atoms with Gasteiger partial charge in [0.15, 0.2) is 0 Å². The van der Waals surface area contributed by atoms with E-state index in [1.165, 1.54) is 0 Å². The molecule has 0 radical (unpaired) electrons. The van der Waals surface area contributed by atoms with Gasteiger partial charge in [0.1, 0.15) is 5.82 Å². The van der Waals surface area contributed by atoms with Gasteiger partial charge in [-0.1, -0.05) is 6.07 Å². The maximum atomic E-state index is 13.3. The molecule has 0 fully saturated rings. The zero-order valence-corrected chi connectivity index (χ0v) is 18.6. The Balaban J connectivity index is 1.50. The van der Waals surface area contributed by atoms with Crippen LogP contribution in [0.1, 0.15) is 22.8 Å². The van der Waals surface area contributed by atoms with Crippen molar-refractivity contribution in [1.29, 1.82) is 0 Å². The van der Waals surface area contributed by atoms with Crippen molar-refractivity contribution in [2.75, 3.05) is 29.1 Å². The fraction of sp³-hybridized carbons (Fsp3) is 0.167. The predicted molar refractivity (Wildman–Crippen MR) is 131 cm³/mol. The number of fused-ring (bicyclic) bond motifs is 2. The molecule has 1 amide bonds. The number of H-pyrrole nitrogens is 2. The molecule has 3 aromatic heterocycles. The average molecular weight is 441 g/mol. The van der Waals surface area contributed by atoms with Gasteiger partial charge in [0.25, 0.3) is 5.91 Å². The molecule has 5 rings (SSSR count). The van der Waals surface area contributed by atoms with E-state index in [9.17, 15) is 4.79 Å². The summed E-state index contributed by atoms with van der Waals surface area (Å²) < 4.78 is 0. The van der Waals surface area contributed by atoms with Crippen LogP contribution in [-0.4, -0.2) is 44.6 Å². The van der Waals surface area contributed by atoms with Crippen molar-refractivity contribution in [2.45, 2.75) is 13.8 Å². The number of hydrogen-bond donors (Lipinski definition) is 4. The zero-order chi connectivity index (χ0) is 22.9. The molecular weight excluding hydrogens is 416 g/mol. The van der Waals surface area contributed by atoms with Crippen LogP contribution in [0.25, 0.3) is 21.9 Å². The quantitative estimate of drug-likeness (QED) is 0.307. The van der Waals surface area contributed by atoms with Crippen molar-refractivity contribution in [3.63, 3.8) is 0 Å². The molecular formula is C24H24N8O. The molecule has 166 valence electrons. The van der Waals surface area contributed by atoms with Crippen LogP contribution in [-0.2, 0) is 0 Å². The minimum atomic E-state index is -0.198. The molecule has 0 atom stereocenters. The van der Waals surface area contributed by atoms with Gasteiger partial charge in [0, 0.05) is 30.9 Å². The summed E-state index contributed by atoms with van der Waals surface area (Å²) in [4.78, 5) is 27.6. The summed E-state index contributed by atoms with van der Waals surface area (Å²) in [6.07, 6.45) is 3.48. The fourth-order valence-corrected chi connectivity index (χ4v) is 3.71. The van der Waals surface area contributed by atoms with Crippen molar-refractivity contribution in [3.05, 3.63) is 66.0 Å². The summed E-state index contributed by atoms with van der Waals surface area (Å²) >= 11 is 0. The van der Waals surface area contributed by atoms with Crippen molar-refractivity contribution < 1.29 is 4.79 Å². The summed E-state index contributed by atoms with van der Waals surface area (Å²) in [6, 6.07) is 13.3. The minimum Gasteiger partial charge on any atom is -0.374 e. The Labute approximate surface area is 190 Å². The van der Waals surface area contributed by atoms with Crippen molar-refractivity contribution in [2.24, 2.45) is 0 Å². The molecule has 0 bridgehead atoms. The van der Waals surface area contributed by atoms with Crippen LogP contribution in [0.15, 0.2) is 54.9 Å². The Kier molecular flexibility index (Phi) is 5.14. The van der Waals surface area contributed by atoms with Gasteiger partial charge in [-0.25, -0.2) is 9.97 Å². The molecule has 4 N–H and O–H groups in total. The van der Waals surface area contributed by atoms with E-state index in [-0.39, 0.29) is 5.91 Å². The number of anilines is 4. The number of carbonyl (C=O) groups is 1. The third-order valence-corrected chi connectivity index (χ3v) is 5.68. The maximum Gasteiger partial charge on any atom is 0.257 e. The van der Waals surface area contributed by atoms with Crippen molar-refractivity contribution >= 4 is 51.0 Å². The summed E-state index contributed by atoms with van der Waals surface area (Å²) in [7, 11) is 1.96. The van der Waals surface area contributed by atoms with E-state index < -0.39 is 0 Å². The lowest BCUT2D eigenvalue weighted by atomic mass is 10.1. The molecule has 0 saturated carbocycles. The van der Waals surface area contributed by atoms with Gasteiger partial charge >= 0.3 is 0 Å². The number of hydrogen-bond acceptors (Lipinski definition) is 6. The molecule has 0 aliphatic heterocycles. The first-order chi connectivity index (χ1) is 16.0. The number of imidazole rings is 1. The number of rotatable bonds is 6. The number of nitrogens with one attached hydrogen (secondary N) is 4. The average Bonchev–Trinajstić information content (AvgIpc) is 3.44. The molecule has 0 spiro atoms. The minimum absolute atomic E-state index is 0.198. The van der Waals surface area contributed by atoms with Crippen LogP contribution in [0, 0.1) is 6.92 Å². The van der Waals surface area contributed by atoms with Gasteiger partial charge in [0.05, 0.1) is 34.0 Å². The molecule has 2 aromatic carbocycles. The number of amides is 1. The van der Waals surface area contributed by atoms with Gasteiger partial charge in [0.2, 0.25) is 5.95 Å². The SMILES string of the molecule is CCN(C)c1cc2nc(Nc3ncccc3C)[nH]c2cc1C(=O)Nc1ccc2cn[nH]c2c1. The highest BCUT2D eigenvalue weighted by Crippen LogP contribution is 2.28. The van der Waals surface area contributed by atoms with Crippen LogP contribution >= 0.6 is 0 Å². The Hall–Kier alpha value is -4.40. The highest BCUT2D eigenvalue weighted by molar-refractivity contribution is 6.11. The van der Waals surface area contributed by atoms with E-state index in [4.69, 9.17) is 0 Å². The summed E-state index contributed by atoms with van der Waals surface area (Å²) in [5.74, 6) is 1.10. The van der Waals surface area contributed by atoms with E-state index in [0.29, 0.717) is 17.2 Å². The first-order valence-electron chi connectivity index (χ1n) is 10.7. The van der Waals surface area contributed by atoms with Gasteiger partial charge < -0.3 is 20.5 Å². The standard InChI is InChI=1S/C24H24N8O/c1-4-32(3)21-12-20-19(28-24(29-20)30-22-14(2)6-5-9-25-22)11-17(21)23(33)27-16-8-7-15-13-26-31-18(15)10-16/h5-13H,4H2,1-3H3,(H,26,31)(H,27,33)(H2,25,28,29,30). The Bertz CT molecular complexity index is 1470. The Morgan fingerprint density at radius 2 is 2.03 bits per heavy atom. The normalized spacial score (nSPS) is 11.1. The second-order valence-electron chi connectivity index (χ2n) is 7.91. The van der Waals surface area contributed by atoms with Gasteiger partial charge in [-0.3, -0.25) is 9.89 Å². The molecule has 0 saturated heterocycles. The topological polar surface area (TPSA) is 115 Å². The Morgan fingerprint density at radius 3 is 2.85 bits per heavy atom. The monoisotopic (exact) mass is 440 g/mol. The largest absolute Gasteiger partial charge is 0.374 e. The fourth-order valence-electron chi connectivity index (χ4n) is 3.71. The van der Waals surface area contributed by atoms with E-state index in [1.54, 1.807) is 12.4 Å². The van der Waals surface area contributed by atoms with Gasteiger partial charge in [-0.05, 0) is 55.8 Å². The first kappa shape index (κ1) is 20.5. The first-order valence-corrected chi connectivity index (χ1v) is 10.7. The van der Waals surface area contributed by atoms with E-state index in [2.05, 4.69) is 35.8 Å². The van der Waals surface area contributed by atoms with E-state index in [0.717, 1.165) is 45.5 Å². The molecule has 33 heavy (non-hydrogen) atoms. The van der Waals surface area contributed by atoms with E-state index >= 15 is 0 Å². The number of pyridine rings is 1. The van der Waals surface area contributed by atoms with Gasteiger partial charge in [-0.2, -0.15) is 5.10 Å². The highest BCUT2D eigenvalue weighted by Gasteiger charge is 2.18. The molecule has 3 heterocycles. The zero-order valence-electron chi connectivity index (χ0n) is 18.6. The Morgan fingerprint density at radius 1 is 1.15 bits per heavy atom. The number of nitrogens with zero attached hydrogens (tertiary/aromatic N) is 4. The maximum absolute atomic E-state index is 13.3. The molecule has 9 heteroatoms. The lowest BCUT2D eigenvalue weighted by molar-refractivity contribution is 0.102. The van der Waals surface area contributed by atoms with Crippen LogP contribution in [0.3, 0.4) is 0 Å². The summed E-state index contributed by atoms with van der Waals surface area (Å²) in [5, 5.41) is 14.2. The molecule has 0 unspecified atom stereocenters. The number of carbonyl (C=O) groups excluding carboxylic acids is 1. The second-order valence-corrected chi connectivity index (χ2v) is 7.91. The van der Waals surface area contributed by atoms with Crippen molar-refractivity contribution in [3.8, 4) is 0 Å². The number of benzene rings is 2. The molecule has 5 aromatic rings. The number of aromatic amines is 2. The van der Waals surface area contributed by atoms with Crippen LogP contribution < -0.4 is 15.5 Å². The van der Waals surface area contributed by atoms with Crippen molar-refractivity contribution in [1.82, 2.24) is 25.1 Å². The molecule has 0 aliphatic rings. The lowest BCUT2D eigenvalue weighted by Crippen LogP contribution is -2.21. The number of aromatic nitrogens is 5. The number of aryl methyl sites for hydroxylation is 1. The highest BCUT2D eigenvalue weighted by atomic mass is 16.1. The smallest absolute Gasteiger partial charge is 0.257 e. The third kappa shape index (κ3) is 3.96. The van der Waals surface area contributed by atoms with E-state index in [1.807, 2.05) is 68.3 Å². The van der Waals surface area contributed by atoms with Crippen LogP contribution in [0.5, 0.6) is 0 Å². The summed E-state index contributed by atoms with van der Waals surface area (Å²) in [6.45, 7) is 4.77. The summed E-state index contributed by atoms with van der Waals surface area (Å²) in [5.41, 5.74) is 5.45. The molecule has 0 aliphatic carbocycles.